The number of para-hydroxylation sites is 1. The third kappa shape index (κ3) is 4.16. The lowest BCUT2D eigenvalue weighted by Gasteiger charge is -2.13. The Kier molecular flexibility index (Phi) is 5.18. The molecule has 0 unspecified atom stereocenters. The Morgan fingerprint density at radius 2 is 1.81 bits per heavy atom. The highest BCUT2D eigenvalue weighted by atomic mass is 35.5. The van der Waals surface area contributed by atoms with Crippen LogP contribution in [0.3, 0.4) is 0 Å². The fourth-order valence-corrected chi connectivity index (χ4v) is 2.79. The highest BCUT2D eigenvalue weighted by Crippen LogP contribution is 2.32. The maximum Gasteiger partial charge on any atom is 0.417 e. The van der Waals surface area contributed by atoms with E-state index in [0.717, 1.165) is 34.5 Å². The number of anilines is 2. The third-order valence-electron chi connectivity index (χ3n) is 3.75. The van der Waals surface area contributed by atoms with Gasteiger partial charge in [-0.25, -0.2) is 4.98 Å². The summed E-state index contributed by atoms with van der Waals surface area (Å²) in [5.74, 6) is 0.220. The summed E-state index contributed by atoms with van der Waals surface area (Å²) in [7, 11) is 0. The molecule has 0 radical (unpaired) electrons. The number of hydrogen-bond acceptors (Lipinski definition) is 4. The second-order valence-corrected chi connectivity index (χ2v) is 6.14. The number of hydrogen-bond donors (Lipinski definition) is 2. The van der Waals surface area contributed by atoms with Gasteiger partial charge in [0.25, 0.3) is 0 Å². The molecule has 26 heavy (non-hydrogen) atoms. The molecular weight excluding hydrogens is 365 g/mol. The molecule has 2 aromatic heterocycles. The molecule has 0 saturated carbocycles. The van der Waals surface area contributed by atoms with E-state index in [0.29, 0.717) is 13.1 Å². The van der Waals surface area contributed by atoms with Gasteiger partial charge in [-0.15, -0.1) is 0 Å². The SMILES string of the molecule is Cc1cc(NCCNc2ncc(C(F)(F)F)cc2Cl)c2ccccc2n1. The lowest BCUT2D eigenvalue weighted by atomic mass is 10.1. The maximum atomic E-state index is 12.6. The van der Waals surface area contributed by atoms with Gasteiger partial charge in [-0.3, -0.25) is 4.98 Å². The molecule has 0 amide bonds. The molecule has 8 heteroatoms. The summed E-state index contributed by atoms with van der Waals surface area (Å²) in [6.07, 6.45) is -3.70. The molecule has 0 aliphatic carbocycles. The van der Waals surface area contributed by atoms with Crippen molar-refractivity contribution >= 4 is 34.0 Å². The first-order chi connectivity index (χ1) is 12.3. The Morgan fingerprint density at radius 3 is 2.54 bits per heavy atom. The standard InChI is InChI=1S/C18H16ClF3N4/c1-11-8-16(13-4-2-3-5-15(13)26-11)23-6-7-24-17-14(19)9-12(10-25-17)18(20,21)22/h2-5,8-10H,6-7H2,1H3,(H,23,26)(H,24,25). The van der Waals surface area contributed by atoms with Gasteiger partial charge in [0.1, 0.15) is 5.82 Å². The van der Waals surface area contributed by atoms with Crippen LogP contribution in [0.25, 0.3) is 10.9 Å². The van der Waals surface area contributed by atoms with Crippen LogP contribution in [-0.4, -0.2) is 23.1 Å². The summed E-state index contributed by atoms with van der Waals surface area (Å²) in [4.78, 5) is 8.23. The number of pyridine rings is 2. The molecule has 0 atom stereocenters. The van der Waals surface area contributed by atoms with Crippen LogP contribution in [0.1, 0.15) is 11.3 Å². The number of halogens is 4. The summed E-state index contributed by atoms with van der Waals surface area (Å²) < 4.78 is 37.9. The Hall–Kier alpha value is -2.54. The van der Waals surface area contributed by atoms with E-state index in [-0.39, 0.29) is 10.8 Å². The van der Waals surface area contributed by atoms with E-state index in [9.17, 15) is 13.2 Å². The molecule has 1 aromatic carbocycles. The van der Waals surface area contributed by atoms with Gasteiger partial charge in [0.2, 0.25) is 0 Å². The van der Waals surface area contributed by atoms with E-state index in [1.54, 1.807) is 0 Å². The lowest BCUT2D eigenvalue weighted by molar-refractivity contribution is -0.137. The van der Waals surface area contributed by atoms with Crippen molar-refractivity contribution in [2.45, 2.75) is 13.1 Å². The molecule has 0 saturated heterocycles. The lowest BCUT2D eigenvalue weighted by Crippen LogP contribution is -2.15. The Bertz CT molecular complexity index is 928. The van der Waals surface area contributed by atoms with Crippen LogP contribution in [0.5, 0.6) is 0 Å². The quantitative estimate of drug-likeness (QED) is 0.602. The zero-order chi connectivity index (χ0) is 18.7. The number of benzene rings is 1. The molecule has 0 fully saturated rings. The molecule has 0 aliphatic rings. The van der Waals surface area contributed by atoms with Gasteiger partial charge in [-0.2, -0.15) is 13.2 Å². The number of alkyl halides is 3. The van der Waals surface area contributed by atoms with Crippen molar-refractivity contribution in [3.63, 3.8) is 0 Å². The third-order valence-corrected chi connectivity index (χ3v) is 4.03. The molecule has 3 rings (SSSR count). The number of rotatable bonds is 5. The maximum absolute atomic E-state index is 12.6. The molecule has 0 bridgehead atoms. The molecule has 2 heterocycles. The van der Waals surface area contributed by atoms with E-state index in [2.05, 4.69) is 20.6 Å². The zero-order valence-corrected chi connectivity index (χ0v) is 14.6. The van der Waals surface area contributed by atoms with Gasteiger partial charge in [0, 0.05) is 36.1 Å². The molecule has 0 aliphatic heterocycles. The van der Waals surface area contributed by atoms with E-state index in [4.69, 9.17) is 11.6 Å². The van der Waals surface area contributed by atoms with E-state index in [1.165, 1.54) is 0 Å². The Labute approximate surface area is 153 Å². The summed E-state index contributed by atoms with van der Waals surface area (Å²) in [6.45, 7) is 2.89. The fourth-order valence-electron chi connectivity index (χ4n) is 2.56. The molecule has 3 aromatic rings. The minimum Gasteiger partial charge on any atom is -0.383 e. The van der Waals surface area contributed by atoms with Gasteiger partial charge in [0.15, 0.2) is 0 Å². The van der Waals surface area contributed by atoms with E-state index >= 15 is 0 Å². The van der Waals surface area contributed by atoms with Gasteiger partial charge in [-0.1, -0.05) is 29.8 Å². The van der Waals surface area contributed by atoms with Crippen LogP contribution in [0.15, 0.2) is 42.6 Å². The number of fused-ring (bicyclic) bond motifs is 1. The average molecular weight is 381 g/mol. The average Bonchev–Trinajstić information content (AvgIpc) is 2.58. The van der Waals surface area contributed by atoms with E-state index in [1.807, 2.05) is 37.3 Å². The Balaban J connectivity index is 1.63. The van der Waals surface area contributed by atoms with Crippen LogP contribution in [0.2, 0.25) is 5.02 Å². The second-order valence-electron chi connectivity index (χ2n) is 5.73. The monoisotopic (exact) mass is 380 g/mol. The molecular formula is C18H16ClF3N4. The molecule has 0 spiro atoms. The molecule has 136 valence electrons. The zero-order valence-electron chi connectivity index (χ0n) is 13.9. The minimum atomic E-state index is -4.46. The minimum absolute atomic E-state index is 0.0648. The van der Waals surface area contributed by atoms with Crippen molar-refractivity contribution in [2.24, 2.45) is 0 Å². The van der Waals surface area contributed by atoms with Crippen LogP contribution < -0.4 is 10.6 Å². The number of nitrogens with zero attached hydrogens (tertiary/aromatic N) is 2. The van der Waals surface area contributed by atoms with Crippen molar-refractivity contribution < 1.29 is 13.2 Å². The number of nitrogens with one attached hydrogen (secondary N) is 2. The number of aromatic nitrogens is 2. The second kappa shape index (κ2) is 7.37. The number of aryl methyl sites for hydroxylation is 1. The highest BCUT2D eigenvalue weighted by molar-refractivity contribution is 6.32. The first-order valence-corrected chi connectivity index (χ1v) is 8.29. The smallest absolute Gasteiger partial charge is 0.383 e. The van der Waals surface area contributed by atoms with Gasteiger partial charge in [-0.05, 0) is 25.1 Å². The predicted octanol–water partition coefficient (Wildman–Crippen LogP) is 5.13. The predicted molar refractivity (Wildman–Crippen MR) is 97.7 cm³/mol. The topological polar surface area (TPSA) is 49.8 Å². The normalized spacial score (nSPS) is 11.6. The van der Waals surface area contributed by atoms with Crippen molar-refractivity contribution in [2.75, 3.05) is 23.7 Å². The van der Waals surface area contributed by atoms with Crippen molar-refractivity contribution in [3.8, 4) is 0 Å². The first kappa shape index (κ1) is 18.3. The molecule has 2 N–H and O–H groups in total. The first-order valence-electron chi connectivity index (χ1n) is 7.91. The largest absolute Gasteiger partial charge is 0.417 e. The van der Waals surface area contributed by atoms with Crippen LogP contribution in [-0.2, 0) is 6.18 Å². The van der Waals surface area contributed by atoms with Crippen molar-refractivity contribution in [3.05, 3.63) is 58.9 Å². The molecule has 4 nitrogen and oxygen atoms in total. The van der Waals surface area contributed by atoms with Crippen LogP contribution in [0.4, 0.5) is 24.7 Å². The van der Waals surface area contributed by atoms with Crippen LogP contribution >= 0.6 is 11.6 Å². The van der Waals surface area contributed by atoms with Gasteiger partial charge in [0.05, 0.1) is 16.1 Å². The van der Waals surface area contributed by atoms with Crippen molar-refractivity contribution in [1.82, 2.24) is 9.97 Å². The summed E-state index contributed by atoms with van der Waals surface area (Å²) >= 11 is 5.88. The highest BCUT2D eigenvalue weighted by Gasteiger charge is 2.31. The summed E-state index contributed by atoms with van der Waals surface area (Å²) in [6, 6.07) is 10.6. The van der Waals surface area contributed by atoms with Crippen molar-refractivity contribution in [1.29, 1.82) is 0 Å². The van der Waals surface area contributed by atoms with Gasteiger partial charge < -0.3 is 10.6 Å². The van der Waals surface area contributed by atoms with Crippen LogP contribution in [0, 0.1) is 6.92 Å². The fraction of sp³-hybridized carbons (Fsp3) is 0.222. The van der Waals surface area contributed by atoms with Gasteiger partial charge >= 0.3 is 6.18 Å². The van der Waals surface area contributed by atoms with E-state index < -0.39 is 11.7 Å². The summed E-state index contributed by atoms with van der Waals surface area (Å²) in [5.41, 5.74) is 1.87. The summed E-state index contributed by atoms with van der Waals surface area (Å²) in [5, 5.41) is 7.18. The Morgan fingerprint density at radius 1 is 1.08 bits per heavy atom.